The third-order valence-corrected chi connectivity index (χ3v) is 2.28. The van der Waals surface area contributed by atoms with E-state index in [-0.39, 0.29) is 0 Å². The van der Waals surface area contributed by atoms with Crippen LogP contribution in [0.5, 0.6) is 0 Å². The smallest absolute Gasteiger partial charge is 0.0541 e. The van der Waals surface area contributed by atoms with Crippen LogP contribution < -0.4 is 5.73 Å². The van der Waals surface area contributed by atoms with Crippen molar-refractivity contribution in [2.75, 3.05) is 0 Å². The maximum absolute atomic E-state index is 5.76. The molecular weight excluding hydrogens is 213 g/mol. The predicted octanol–water partition coefficient (Wildman–Crippen LogP) is 2.36. The van der Waals surface area contributed by atoms with Crippen LogP contribution in [0.3, 0.4) is 0 Å². The Bertz CT molecular complexity index is 217. The van der Waals surface area contributed by atoms with Crippen molar-refractivity contribution in [3.63, 3.8) is 0 Å². The number of halogens is 2. The zero-order chi connectivity index (χ0) is 7.56. The lowest BCUT2D eigenvalue weighted by Crippen LogP contribution is -1.97. The van der Waals surface area contributed by atoms with Gasteiger partial charge in [-0.2, -0.15) is 0 Å². The van der Waals surface area contributed by atoms with Crippen LogP contribution in [0.25, 0.3) is 0 Å². The van der Waals surface area contributed by atoms with Gasteiger partial charge in [0.25, 0.3) is 0 Å². The van der Waals surface area contributed by atoms with E-state index in [4.69, 9.17) is 17.3 Å². The second-order valence-corrected chi connectivity index (χ2v) is 3.05. The molecule has 0 unspecified atom stereocenters. The van der Waals surface area contributed by atoms with E-state index >= 15 is 0 Å². The lowest BCUT2D eigenvalue weighted by atomic mass is 10.2. The fraction of sp³-hybridized carbons (Fsp3) is 0.143. The van der Waals surface area contributed by atoms with E-state index in [1.165, 1.54) is 0 Å². The summed E-state index contributed by atoms with van der Waals surface area (Å²) >= 11 is 9.09. The minimum atomic E-state index is 0.441. The van der Waals surface area contributed by atoms with Crippen molar-refractivity contribution >= 4 is 27.5 Å². The zero-order valence-electron chi connectivity index (χ0n) is 5.20. The van der Waals surface area contributed by atoms with Crippen molar-refractivity contribution in [2.24, 2.45) is 5.73 Å². The summed E-state index contributed by atoms with van der Waals surface area (Å²) in [6.45, 7) is 0.441. The molecule has 3 heteroatoms. The van der Waals surface area contributed by atoms with E-state index < -0.39 is 0 Å². The lowest BCUT2D eigenvalue weighted by molar-refractivity contribution is 1.06. The van der Waals surface area contributed by atoms with Crippen molar-refractivity contribution in [3.8, 4) is 0 Å². The van der Waals surface area contributed by atoms with E-state index in [1.807, 2.05) is 6.07 Å². The average Bonchev–Trinajstić information content (AvgIpc) is 1.88. The van der Waals surface area contributed by atoms with Crippen LogP contribution in [0.15, 0.2) is 16.6 Å². The molecule has 53 valence electrons. The third kappa shape index (κ3) is 1.51. The molecule has 0 aliphatic heterocycles. The summed E-state index contributed by atoms with van der Waals surface area (Å²) in [6.07, 6.45) is 0. The molecule has 10 heavy (non-hydrogen) atoms. The fourth-order valence-corrected chi connectivity index (χ4v) is 1.52. The highest BCUT2D eigenvalue weighted by atomic mass is 79.9. The van der Waals surface area contributed by atoms with Crippen LogP contribution in [0.1, 0.15) is 5.56 Å². The lowest BCUT2D eigenvalue weighted by Gasteiger charge is -2.01. The van der Waals surface area contributed by atoms with Gasteiger partial charge in [-0.1, -0.05) is 33.6 Å². The van der Waals surface area contributed by atoms with Crippen molar-refractivity contribution in [1.29, 1.82) is 0 Å². The Labute approximate surface area is 73.3 Å². The molecule has 1 aromatic carbocycles. The fourth-order valence-electron chi connectivity index (χ4n) is 0.668. The molecule has 1 rings (SSSR count). The molecule has 0 aromatic heterocycles. The molecule has 0 amide bonds. The van der Waals surface area contributed by atoms with Gasteiger partial charge in [0, 0.05) is 17.1 Å². The quantitative estimate of drug-likeness (QED) is 0.771. The summed E-state index contributed by atoms with van der Waals surface area (Å²) in [7, 11) is 0. The molecular formula is C7H6BrClN. The van der Waals surface area contributed by atoms with Crippen molar-refractivity contribution in [3.05, 3.63) is 33.3 Å². The maximum atomic E-state index is 5.76. The molecule has 0 spiro atoms. The number of benzene rings is 1. The van der Waals surface area contributed by atoms with Crippen LogP contribution in [0.4, 0.5) is 0 Å². The molecule has 1 radical (unpaired) electrons. The highest BCUT2D eigenvalue weighted by Crippen LogP contribution is 2.22. The summed E-state index contributed by atoms with van der Waals surface area (Å²) < 4.78 is 0.943. The first kappa shape index (κ1) is 8.05. The van der Waals surface area contributed by atoms with Crippen molar-refractivity contribution in [1.82, 2.24) is 0 Å². The molecule has 0 aliphatic rings. The first-order valence-corrected chi connectivity index (χ1v) is 3.97. The SMILES string of the molecule is NCc1c(Cl)[c]ccc1Br. The first-order chi connectivity index (χ1) is 4.75. The van der Waals surface area contributed by atoms with Crippen molar-refractivity contribution in [2.45, 2.75) is 6.54 Å². The van der Waals surface area contributed by atoms with E-state index in [2.05, 4.69) is 22.0 Å². The van der Waals surface area contributed by atoms with Gasteiger partial charge in [0.1, 0.15) is 0 Å². The van der Waals surface area contributed by atoms with Crippen LogP contribution in [0.2, 0.25) is 5.02 Å². The topological polar surface area (TPSA) is 26.0 Å². The Kier molecular flexibility index (Phi) is 2.72. The summed E-state index contributed by atoms with van der Waals surface area (Å²) in [5, 5.41) is 0.594. The molecule has 0 fully saturated rings. The maximum Gasteiger partial charge on any atom is 0.0541 e. The standard InChI is InChI=1S/C7H6BrClN/c8-6-2-1-3-7(9)5(6)4-10/h1-2H,4,10H2. The second-order valence-electron chi connectivity index (χ2n) is 1.82. The second kappa shape index (κ2) is 3.37. The Hall–Kier alpha value is -0.0500. The Morgan fingerprint density at radius 2 is 2.40 bits per heavy atom. The van der Waals surface area contributed by atoms with E-state index in [1.54, 1.807) is 6.07 Å². The monoisotopic (exact) mass is 218 g/mol. The highest BCUT2D eigenvalue weighted by Gasteiger charge is 2.00. The predicted molar refractivity (Wildman–Crippen MR) is 45.9 cm³/mol. The van der Waals surface area contributed by atoms with Crippen LogP contribution in [-0.4, -0.2) is 0 Å². The number of nitrogens with two attached hydrogens (primary N) is 1. The van der Waals surface area contributed by atoms with E-state index in [0.717, 1.165) is 10.0 Å². The van der Waals surface area contributed by atoms with Crippen LogP contribution in [0, 0.1) is 6.07 Å². The van der Waals surface area contributed by atoms with E-state index in [9.17, 15) is 0 Å². The van der Waals surface area contributed by atoms with Gasteiger partial charge in [0.05, 0.1) is 5.02 Å². The Balaban J connectivity index is 3.17. The summed E-state index contributed by atoms with van der Waals surface area (Å²) in [5.41, 5.74) is 6.32. The molecule has 2 N–H and O–H groups in total. The Morgan fingerprint density at radius 3 is 2.80 bits per heavy atom. The minimum absolute atomic E-state index is 0.441. The molecule has 0 saturated heterocycles. The summed E-state index contributed by atoms with van der Waals surface area (Å²) in [6, 6.07) is 6.47. The number of hydrogen-bond donors (Lipinski definition) is 1. The van der Waals surface area contributed by atoms with Gasteiger partial charge in [-0.05, 0) is 11.6 Å². The molecule has 0 saturated carbocycles. The molecule has 0 aliphatic carbocycles. The molecule has 1 aromatic rings. The molecule has 1 nitrogen and oxygen atoms in total. The van der Waals surface area contributed by atoms with Crippen LogP contribution in [-0.2, 0) is 6.54 Å². The van der Waals surface area contributed by atoms with Gasteiger partial charge in [0.15, 0.2) is 0 Å². The molecule has 0 heterocycles. The third-order valence-electron chi connectivity index (χ3n) is 1.20. The average molecular weight is 219 g/mol. The first-order valence-electron chi connectivity index (χ1n) is 2.80. The minimum Gasteiger partial charge on any atom is -0.326 e. The highest BCUT2D eigenvalue weighted by molar-refractivity contribution is 9.10. The van der Waals surface area contributed by atoms with Gasteiger partial charge < -0.3 is 5.73 Å². The normalized spacial score (nSPS) is 9.90. The van der Waals surface area contributed by atoms with Gasteiger partial charge in [0.2, 0.25) is 0 Å². The van der Waals surface area contributed by atoms with Gasteiger partial charge in [-0.3, -0.25) is 0 Å². The largest absolute Gasteiger partial charge is 0.326 e. The van der Waals surface area contributed by atoms with Gasteiger partial charge in [-0.25, -0.2) is 0 Å². The summed E-state index contributed by atoms with van der Waals surface area (Å²) in [4.78, 5) is 0. The number of hydrogen-bond acceptors (Lipinski definition) is 1. The van der Waals surface area contributed by atoms with Gasteiger partial charge >= 0.3 is 0 Å². The zero-order valence-corrected chi connectivity index (χ0v) is 7.54. The molecule has 0 atom stereocenters. The summed E-state index contributed by atoms with van der Waals surface area (Å²) in [5.74, 6) is 0. The molecule has 0 bridgehead atoms. The van der Waals surface area contributed by atoms with Crippen molar-refractivity contribution < 1.29 is 0 Å². The van der Waals surface area contributed by atoms with Crippen LogP contribution >= 0.6 is 27.5 Å². The Morgan fingerprint density at radius 1 is 1.70 bits per heavy atom. The van der Waals surface area contributed by atoms with E-state index in [0.29, 0.717) is 11.6 Å². The van der Waals surface area contributed by atoms with Gasteiger partial charge in [-0.15, -0.1) is 0 Å². The number of rotatable bonds is 1.